The smallest absolute Gasteiger partial charge is 0.404 e. The van der Waals surface area contributed by atoms with E-state index in [2.05, 4.69) is 4.74 Å². The Labute approximate surface area is 121 Å². The van der Waals surface area contributed by atoms with Gasteiger partial charge in [0.2, 0.25) is 0 Å². The first kappa shape index (κ1) is 20.3. The van der Waals surface area contributed by atoms with Crippen LogP contribution >= 0.6 is 0 Å². The van der Waals surface area contributed by atoms with Gasteiger partial charge in [0, 0.05) is 12.2 Å². The van der Waals surface area contributed by atoms with Crippen molar-refractivity contribution in [3.8, 4) is 0 Å². The van der Waals surface area contributed by atoms with Crippen molar-refractivity contribution in [2.24, 2.45) is 11.3 Å². The molecule has 0 aromatic heterocycles. The number of carboxylic acids is 1. The lowest BCUT2D eigenvalue weighted by atomic mass is 9.80. The van der Waals surface area contributed by atoms with Gasteiger partial charge in [-0.15, -0.1) is 0 Å². The second kappa shape index (κ2) is 6.57. The molecular formula is C12H14F6O4. The van der Waals surface area contributed by atoms with Crippen LogP contribution in [0.1, 0.15) is 20.8 Å². The van der Waals surface area contributed by atoms with Crippen molar-refractivity contribution in [2.75, 3.05) is 0 Å². The molecule has 1 atom stereocenters. The Bertz CT molecular complexity index is 430. The summed E-state index contributed by atoms with van der Waals surface area (Å²) in [5.41, 5.74) is -1.69. The predicted octanol–water partition coefficient (Wildman–Crippen LogP) is 3.33. The maximum Gasteiger partial charge on any atom is 0.404 e. The van der Waals surface area contributed by atoms with Crippen LogP contribution in [0.2, 0.25) is 0 Å². The van der Waals surface area contributed by atoms with Crippen molar-refractivity contribution < 1.29 is 45.8 Å². The van der Waals surface area contributed by atoms with Gasteiger partial charge in [0.15, 0.2) is 5.92 Å². The number of hydrogen-bond acceptors (Lipinski definition) is 3. The highest BCUT2D eigenvalue weighted by molar-refractivity contribution is 5.90. The highest BCUT2D eigenvalue weighted by Gasteiger charge is 2.63. The summed E-state index contributed by atoms with van der Waals surface area (Å²) in [6, 6.07) is 0. The number of esters is 1. The number of alkyl halides is 6. The standard InChI is InChI=1S/C12H14F6O4/c1-10(2,3)9(22-7(21)5-4-6(19)20)8(11(13,14)15)12(16,17)18/h4-5,8-9H,1-3H3,(H,19,20). The molecule has 0 aromatic rings. The zero-order chi connectivity index (χ0) is 17.9. The summed E-state index contributed by atoms with van der Waals surface area (Å²) in [7, 11) is 0. The van der Waals surface area contributed by atoms with E-state index in [1.54, 1.807) is 0 Å². The highest BCUT2D eigenvalue weighted by atomic mass is 19.4. The van der Waals surface area contributed by atoms with E-state index < -0.39 is 41.7 Å². The molecule has 0 saturated carbocycles. The second-order valence-corrected chi connectivity index (χ2v) is 5.46. The summed E-state index contributed by atoms with van der Waals surface area (Å²) >= 11 is 0. The van der Waals surface area contributed by atoms with Crippen molar-refractivity contribution in [1.82, 2.24) is 0 Å². The third-order valence-corrected chi connectivity index (χ3v) is 2.47. The second-order valence-electron chi connectivity index (χ2n) is 5.46. The minimum atomic E-state index is -5.69. The number of carbonyl (C=O) groups is 2. The van der Waals surface area contributed by atoms with Crippen molar-refractivity contribution >= 4 is 11.9 Å². The van der Waals surface area contributed by atoms with Crippen LogP contribution in [0.4, 0.5) is 26.3 Å². The number of halogens is 6. The van der Waals surface area contributed by atoms with Gasteiger partial charge in [-0.05, 0) is 5.41 Å². The van der Waals surface area contributed by atoms with Gasteiger partial charge in [0.05, 0.1) is 0 Å². The van der Waals surface area contributed by atoms with Crippen LogP contribution < -0.4 is 0 Å². The van der Waals surface area contributed by atoms with E-state index in [1.807, 2.05) is 0 Å². The van der Waals surface area contributed by atoms with E-state index in [1.165, 1.54) is 0 Å². The average molecular weight is 336 g/mol. The van der Waals surface area contributed by atoms with Gasteiger partial charge >= 0.3 is 24.3 Å². The van der Waals surface area contributed by atoms with Gasteiger partial charge in [-0.25, -0.2) is 9.59 Å². The summed E-state index contributed by atoms with van der Waals surface area (Å²) < 4.78 is 80.7. The van der Waals surface area contributed by atoms with E-state index in [0.717, 1.165) is 20.8 Å². The van der Waals surface area contributed by atoms with Gasteiger partial charge in [0.1, 0.15) is 6.10 Å². The summed E-state index contributed by atoms with van der Waals surface area (Å²) in [5, 5.41) is 8.27. The highest BCUT2D eigenvalue weighted by Crippen LogP contribution is 2.47. The normalized spacial score (nSPS) is 15.2. The molecule has 0 aliphatic carbocycles. The van der Waals surface area contributed by atoms with E-state index >= 15 is 0 Å². The molecular weight excluding hydrogens is 322 g/mol. The Morgan fingerprint density at radius 2 is 1.36 bits per heavy atom. The van der Waals surface area contributed by atoms with Crippen LogP contribution in [-0.2, 0) is 14.3 Å². The molecule has 0 aromatic carbocycles. The molecule has 0 spiro atoms. The Hall–Kier alpha value is -1.74. The van der Waals surface area contributed by atoms with Crippen LogP contribution in [0, 0.1) is 11.3 Å². The Morgan fingerprint density at radius 1 is 0.955 bits per heavy atom. The Balaban J connectivity index is 5.63. The average Bonchev–Trinajstić information content (AvgIpc) is 2.20. The monoisotopic (exact) mass is 336 g/mol. The van der Waals surface area contributed by atoms with Crippen LogP contribution in [0.25, 0.3) is 0 Å². The Kier molecular flexibility index (Phi) is 6.05. The SMILES string of the molecule is CC(C)(C)C(OC(=O)C=CC(=O)O)C(C(F)(F)F)C(F)(F)F. The lowest BCUT2D eigenvalue weighted by molar-refractivity contribution is -0.316. The van der Waals surface area contributed by atoms with Gasteiger partial charge in [-0.3, -0.25) is 0 Å². The van der Waals surface area contributed by atoms with Crippen molar-refractivity contribution in [3.05, 3.63) is 12.2 Å². The molecule has 128 valence electrons. The number of ether oxygens (including phenoxy) is 1. The van der Waals surface area contributed by atoms with Gasteiger partial charge < -0.3 is 9.84 Å². The van der Waals surface area contributed by atoms with Crippen LogP contribution in [-0.4, -0.2) is 35.5 Å². The third kappa shape index (κ3) is 6.35. The molecule has 0 radical (unpaired) electrons. The molecule has 0 saturated heterocycles. The molecule has 22 heavy (non-hydrogen) atoms. The van der Waals surface area contributed by atoms with E-state index in [9.17, 15) is 35.9 Å². The summed E-state index contributed by atoms with van der Waals surface area (Å²) in [4.78, 5) is 21.4. The first-order chi connectivity index (χ1) is 9.56. The van der Waals surface area contributed by atoms with Gasteiger partial charge in [-0.1, -0.05) is 20.8 Å². The molecule has 10 heteroatoms. The maximum atomic E-state index is 12.7. The third-order valence-electron chi connectivity index (χ3n) is 2.47. The van der Waals surface area contributed by atoms with Crippen LogP contribution in [0.5, 0.6) is 0 Å². The molecule has 0 fully saturated rings. The summed E-state index contributed by atoms with van der Waals surface area (Å²) in [6.45, 7) is 3.11. The topological polar surface area (TPSA) is 63.6 Å². The summed E-state index contributed by atoms with van der Waals surface area (Å²) in [5.74, 6) is -7.10. The number of hydrogen-bond donors (Lipinski definition) is 1. The van der Waals surface area contributed by atoms with Crippen LogP contribution in [0.3, 0.4) is 0 Å². The van der Waals surface area contributed by atoms with Crippen molar-refractivity contribution in [2.45, 2.75) is 39.2 Å². The molecule has 0 aliphatic heterocycles. The van der Waals surface area contributed by atoms with Gasteiger partial charge in [-0.2, -0.15) is 26.3 Å². The maximum absolute atomic E-state index is 12.7. The van der Waals surface area contributed by atoms with Gasteiger partial charge in [0.25, 0.3) is 0 Å². The fourth-order valence-corrected chi connectivity index (χ4v) is 1.58. The zero-order valence-corrected chi connectivity index (χ0v) is 11.7. The molecule has 1 unspecified atom stereocenters. The first-order valence-electron chi connectivity index (χ1n) is 5.82. The van der Waals surface area contributed by atoms with E-state index in [-0.39, 0.29) is 12.2 Å². The minimum Gasteiger partial charge on any atom is -0.478 e. The largest absolute Gasteiger partial charge is 0.478 e. The first-order valence-corrected chi connectivity index (χ1v) is 5.82. The lowest BCUT2D eigenvalue weighted by Gasteiger charge is -2.37. The fraction of sp³-hybridized carbons (Fsp3) is 0.667. The molecule has 0 rings (SSSR count). The molecule has 0 amide bonds. The lowest BCUT2D eigenvalue weighted by Crippen LogP contribution is -2.51. The molecule has 1 N–H and O–H groups in total. The fourth-order valence-electron chi connectivity index (χ4n) is 1.58. The number of rotatable bonds is 4. The number of carbonyl (C=O) groups excluding carboxylic acids is 1. The number of carboxylic acid groups (broad SMARTS) is 1. The quantitative estimate of drug-likeness (QED) is 0.486. The molecule has 0 bridgehead atoms. The molecule has 4 nitrogen and oxygen atoms in total. The van der Waals surface area contributed by atoms with Crippen molar-refractivity contribution in [3.63, 3.8) is 0 Å². The molecule has 0 heterocycles. The van der Waals surface area contributed by atoms with Crippen molar-refractivity contribution in [1.29, 1.82) is 0 Å². The van der Waals surface area contributed by atoms with E-state index in [0.29, 0.717) is 0 Å². The summed E-state index contributed by atoms with van der Waals surface area (Å²) in [6.07, 6.45) is -13.5. The van der Waals surface area contributed by atoms with Crippen LogP contribution in [0.15, 0.2) is 12.2 Å². The molecule has 0 aliphatic rings. The predicted molar refractivity (Wildman–Crippen MR) is 61.7 cm³/mol. The number of aliphatic carboxylic acids is 1. The zero-order valence-electron chi connectivity index (χ0n) is 11.7. The minimum absolute atomic E-state index is 0.241. The van der Waals surface area contributed by atoms with E-state index in [4.69, 9.17) is 5.11 Å². The Morgan fingerprint density at radius 3 is 1.64 bits per heavy atom.